The second kappa shape index (κ2) is 6.51. The van der Waals surface area contributed by atoms with Gasteiger partial charge in [-0.3, -0.25) is 19.7 Å². The number of amides is 3. The first-order valence-corrected chi connectivity index (χ1v) is 9.34. The minimum atomic E-state index is -0.632. The number of fused-ring (bicyclic) bond motifs is 2. The quantitative estimate of drug-likeness (QED) is 0.676. The van der Waals surface area contributed by atoms with Crippen molar-refractivity contribution in [2.75, 3.05) is 11.4 Å². The number of benzene rings is 2. The first kappa shape index (κ1) is 17.5. The SMILES string of the molecule is O=C1CCC(c2nc3ccc(C(=O)N4CCc5ccc(F)cc54)cc3o2)C(=O)N1. The van der Waals surface area contributed by atoms with E-state index in [0.717, 1.165) is 5.56 Å². The van der Waals surface area contributed by atoms with Gasteiger partial charge in [-0.15, -0.1) is 0 Å². The van der Waals surface area contributed by atoms with E-state index in [-0.39, 0.29) is 29.9 Å². The van der Waals surface area contributed by atoms with E-state index in [9.17, 15) is 18.8 Å². The highest BCUT2D eigenvalue weighted by molar-refractivity contribution is 6.08. The third-order valence-electron chi connectivity index (χ3n) is 5.38. The molecule has 1 N–H and O–H groups in total. The normalized spacial score (nSPS) is 18.8. The van der Waals surface area contributed by atoms with Gasteiger partial charge in [0.15, 0.2) is 5.58 Å². The summed E-state index contributed by atoms with van der Waals surface area (Å²) >= 11 is 0. The molecule has 0 radical (unpaired) electrons. The fraction of sp³-hybridized carbons (Fsp3) is 0.238. The first-order valence-electron chi connectivity index (χ1n) is 9.34. The maximum Gasteiger partial charge on any atom is 0.258 e. The predicted octanol–water partition coefficient (Wildman–Crippen LogP) is 2.69. The number of carbonyl (C=O) groups is 3. The number of nitrogens with one attached hydrogen (secondary N) is 1. The number of halogens is 1. The second-order valence-electron chi connectivity index (χ2n) is 7.22. The Balaban J connectivity index is 1.45. The molecule has 2 aromatic carbocycles. The number of aromatic nitrogens is 1. The van der Waals surface area contributed by atoms with Gasteiger partial charge < -0.3 is 9.32 Å². The lowest BCUT2D eigenvalue weighted by atomic mass is 9.98. The third-order valence-corrected chi connectivity index (χ3v) is 5.38. The molecule has 3 amide bonds. The van der Waals surface area contributed by atoms with E-state index < -0.39 is 11.8 Å². The van der Waals surface area contributed by atoms with Crippen molar-refractivity contribution in [3.05, 3.63) is 59.2 Å². The van der Waals surface area contributed by atoms with E-state index in [2.05, 4.69) is 10.3 Å². The summed E-state index contributed by atoms with van der Waals surface area (Å²) < 4.78 is 19.4. The molecule has 2 aliphatic rings. The van der Waals surface area contributed by atoms with Crippen molar-refractivity contribution in [3.8, 4) is 0 Å². The van der Waals surface area contributed by atoms with Crippen LogP contribution in [0.25, 0.3) is 11.1 Å². The Bertz CT molecular complexity index is 1190. The smallest absolute Gasteiger partial charge is 0.258 e. The Kier molecular flexibility index (Phi) is 3.94. The van der Waals surface area contributed by atoms with Gasteiger partial charge in [0.05, 0.1) is 5.69 Å². The van der Waals surface area contributed by atoms with Crippen LogP contribution in [-0.4, -0.2) is 29.3 Å². The molecule has 0 bridgehead atoms. The summed E-state index contributed by atoms with van der Waals surface area (Å²) in [6.07, 6.45) is 1.23. The summed E-state index contributed by atoms with van der Waals surface area (Å²) in [5, 5.41) is 2.28. The van der Waals surface area contributed by atoms with Crippen molar-refractivity contribution in [3.63, 3.8) is 0 Å². The first-order chi connectivity index (χ1) is 14.0. The number of imide groups is 1. The highest BCUT2D eigenvalue weighted by Gasteiger charge is 2.32. The standard InChI is InChI=1S/C21H16FN3O4/c22-13-3-1-11-7-8-25(16(11)10-13)21(28)12-2-5-15-17(9-12)29-20(23-15)14-4-6-18(26)24-19(14)27/h1-3,5,9-10,14H,4,6-8H2,(H,24,26,27). The molecule has 3 aromatic rings. The van der Waals surface area contributed by atoms with Gasteiger partial charge in [-0.05, 0) is 48.7 Å². The highest BCUT2D eigenvalue weighted by atomic mass is 19.1. The molecule has 5 rings (SSSR count). The maximum atomic E-state index is 13.6. The van der Waals surface area contributed by atoms with E-state index in [0.29, 0.717) is 41.7 Å². The van der Waals surface area contributed by atoms with Gasteiger partial charge in [0.25, 0.3) is 5.91 Å². The zero-order valence-corrected chi connectivity index (χ0v) is 15.3. The molecule has 1 atom stereocenters. The molecule has 3 heterocycles. The van der Waals surface area contributed by atoms with Crippen LogP contribution in [0.15, 0.2) is 40.8 Å². The number of hydrogen-bond acceptors (Lipinski definition) is 5. The van der Waals surface area contributed by atoms with Crippen molar-refractivity contribution in [2.45, 2.75) is 25.2 Å². The molecule has 0 spiro atoms. The summed E-state index contributed by atoms with van der Waals surface area (Å²) in [4.78, 5) is 42.3. The van der Waals surface area contributed by atoms with Crippen LogP contribution < -0.4 is 10.2 Å². The molecule has 2 aliphatic heterocycles. The van der Waals surface area contributed by atoms with E-state index in [4.69, 9.17) is 4.42 Å². The van der Waals surface area contributed by atoms with Crippen LogP contribution in [0.3, 0.4) is 0 Å². The average Bonchev–Trinajstić information content (AvgIpc) is 3.30. The molecule has 7 nitrogen and oxygen atoms in total. The molecule has 1 saturated heterocycles. The van der Waals surface area contributed by atoms with Gasteiger partial charge in [-0.25, -0.2) is 9.37 Å². The monoisotopic (exact) mass is 393 g/mol. The summed E-state index contributed by atoms with van der Waals surface area (Å²) in [5.74, 6) is -1.79. The molecule has 0 saturated carbocycles. The Labute approximate surface area is 164 Å². The van der Waals surface area contributed by atoms with Crippen LogP contribution in [0, 0.1) is 5.82 Å². The molecule has 29 heavy (non-hydrogen) atoms. The third kappa shape index (κ3) is 2.97. The van der Waals surface area contributed by atoms with Crippen LogP contribution in [0.2, 0.25) is 0 Å². The molecule has 1 aromatic heterocycles. The van der Waals surface area contributed by atoms with E-state index >= 15 is 0 Å². The summed E-state index contributed by atoms with van der Waals surface area (Å²) in [7, 11) is 0. The number of anilines is 1. The van der Waals surface area contributed by atoms with Crippen LogP contribution >= 0.6 is 0 Å². The number of nitrogens with zero attached hydrogens (tertiary/aromatic N) is 2. The van der Waals surface area contributed by atoms with Crippen molar-refractivity contribution >= 4 is 34.5 Å². The van der Waals surface area contributed by atoms with Crippen molar-refractivity contribution in [1.29, 1.82) is 0 Å². The summed E-state index contributed by atoms with van der Waals surface area (Å²) in [6.45, 7) is 0.480. The second-order valence-corrected chi connectivity index (χ2v) is 7.22. The van der Waals surface area contributed by atoms with Crippen LogP contribution in [0.1, 0.15) is 40.6 Å². The zero-order valence-electron chi connectivity index (χ0n) is 15.3. The van der Waals surface area contributed by atoms with Crippen LogP contribution in [-0.2, 0) is 16.0 Å². The lowest BCUT2D eigenvalue weighted by Gasteiger charge is -2.17. The average molecular weight is 393 g/mol. The minimum Gasteiger partial charge on any atom is -0.440 e. The van der Waals surface area contributed by atoms with E-state index in [1.165, 1.54) is 12.1 Å². The minimum absolute atomic E-state index is 0.225. The van der Waals surface area contributed by atoms with E-state index in [1.807, 2.05) is 0 Å². The number of carbonyl (C=O) groups excluding carboxylic acids is 3. The van der Waals surface area contributed by atoms with Crippen molar-refractivity contribution in [2.24, 2.45) is 0 Å². The molecule has 0 aliphatic carbocycles. The molecular formula is C21H16FN3O4. The number of hydrogen-bond donors (Lipinski definition) is 1. The maximum absolute atomic E-state index is 13.6. The Morgan fingerprint density at radius 2 is 2.03 bits per heavy atom. The zero-order chi connectivity index (χ0) is 20.1. The Morgan fingerprint density at radius 3 is 2.86 bits per heavy atom. The van der Waals surface area contributed by atoms with Crippen LogP contribution in [0.5, 0.6) is 0 Å². The lowest BCUT2D eigenvalue weighted by molar-refractivity contribution is -0.134. The fourth-order valence-corrected chi connectivity index (χ4v) is 3.87. The van der Waals surface area contributed by atoms with Crippen molar-refractivity contribution < 1.29 is 23.2 Å². The van der Waals surface area contributed by atoms with Gasteiger partial charge in [0.2, 0.25) is 17.7 Å². The Hall–Kier alpha value is -3.55. The fourth-order valence-electron chi connectivity index (χ4n) is 3.87. The summed E-state index contributed by atoms with van der Waals surface area (Å²) in [5.41, 5.74) is 2.81. The van der Waals surface area contributed by atoms with Gasteiger partial charge in [-0.1, -0.05) is 6.07 Å². The van der Waals surface area contributed by atoms with Crippen LogP contribution in [0.4, 0.5) is 10.1 Å². The molecule has 8 heteroatoms. The molecule has 146 valence electrons. The molecule has 1 unspecified atom stereocenters. The number of piperidine rings is 1. The predicted molar refractivity (Wildman–Crippen MR) is 101 cm³/mol. The number of rotatable bonds is 2. The van der Waals surface area contributed by atoms with Gasteiger partial charge in [-0.2, -0.15) is 0 Å². The largest absolute Gasteiger partial charge is 0.440 e. The molecular weight excluding hydrogens is 377 g/mol. The van der Waals surface area contributed by atoms with Crippen molar-refractivity contribution in [1.82, 2.24) is 10.3 Å². The Morgan fingerprint density at radius 1 is 1.17 bits per heavy atom. The number of oxazole rings is 1. The van der Waals surface area contributed by atoms with Gasteiger partial charge in [0.1, 0.15) is 17.3 Å². The lowest BCUT2D eigenvalue weighted by Crippen LogP contribution is -2.39. The summed E-state index contributed by atoms with van der Waals surface area (Å²) in [6, 6.07) is 9.34. The van der Waals surface area contributed by atoms with Gasteiger partial charge in [0, 0.05) is 18.5 Å². The van der Waals surface area contributed by atoms with Gasteiger partial charge >= 0.3 is 0 Å². The molecule has 1 fully saturated rings. The highest BCUT2D eigenvalue weighted by Crippen LogP contribution is 2.31. The van der Waals surface area contributed by atoms with E-state index in [1.54, 1.807) is 29.2 Å². The topological polar surface area (TPSA) is 92.5 Å².